The van der Waals surface area contributed by atoms with Gasteiger partial charge in [0.15, 0.2) is 15.6 Å². The number of fused-ring (bicyclic) bond motifs is 1. The van der Waals surface area contributed by atoms with Gasteiger partial charge in [-0.25, -0.2) is 9.97 Å². The SMILES string of the molecule is C#Cc1ccccc1-c1cnccc1C(=O)Nc1nc2ncc(-c3ccc(C#N)cc3)nc2s1. The minimum atomic E-state index is -0.337. The van der Waals surface area contributed by atoms with Crippen molar-refractivity contribution in [2.75, 3.05) is 5.32 Å². The van der Waals surface area contributed by atoms with Crippen LogP contribution in [0.25, 0.3) is 32.9 Å². The van der Waals surface area contributed by atoms with Gasteiger partial charge in [0.2, 0.25) is 0 Å². The summed E-state index contributed by atoms with van der Waals surface area (Å²) in [6.07, 6.45) is 10.4. The number of thiazole rings is 1. The van der Waals surface area contributed by atoms with E-state index in [9.17, 15) is 4.79 Å². The fraction of sp³-hybridized carbons (Fsp3) is 0. The molecule has 7 nitrogen and oxygen atoms in total. The number of carbonyl (C=O) groups is 1. The highest BCUT2D eigenvalue weighted by Gasteiger charge is 2.17. The summed E-state index contributed by atoms with van der Waals surface area (Å²) in [5.74, 6) is 2.31. The summed E-state index contributed by atoms with van der Waals surface area (Å²) in [5, 5.41) is 12.2. The van der Waals surface area contributed by atoms with Gasteiger partial charge in [-0.3, -0.25) is 15.1 Å². The molecule has 1 N–H and O–H groups in total. The Morgan fingerprint density at radius 3 is 2.62 bits per heavy atom. The summed E-state index contributed by atoms with van der Waals surface area (Å²) < 4.78 is 0. The van der Waals surface area contributed by atoms with E-state index in [1.165, 1.54) is 11.3 Å². The highest BCUT2D eigenvalue weighted by atomic mass is 32.1. The van der Waals surface area contributed by atoms with Crippen LogP contribution in [0, 0.1) is 23.7 Å². The molecule has 0 aliphatic carbocycles. The van der Waals surface area contributed by atoms with E-state index < -0.39 is 0 Å². The van der Waals surface area contributed by atoms with Gasteiger partial charge in [0.1, 0.15) is 0 Å². The van der Waals surface area contributed by atoms with Crippen LogP contribution in [0.15, 0.2) is 73.2 Å². The van der Waals surface area contributed by atoms with Crippen molar-refractivity contribution in [2.45, 2.75) is 0 Å². The van der Waals surface area contributed by atoms with Crippen molar-refractivity contribution in [3.8, 4) is 40.8 Å². The van der Waals surface area contributed by atoms with E-state index in [1.54, 1.807) is 36.8 Å². The Labute approximate surface area is 198 Å². The van der Waals surface area contributed by atoms with Crippen LogP contribution in [0.4, 0.5) is 5.13 Å². The number of hydrogen-bond donors (Lipinski definition) is 1. The maximum atomic E-state index is 13.1. The third-order valence-corrected chi connectivity index (χ3v) is 5.95. The standard InChI is InChI=1S/C26H14N6OS/c1-2-17-5-3-4-6-19(17)21-14-28-12-11-20(21)24(33)32-26-31-23-25(34-26)30-22(15-29-23)18-9-7-16(13-27)8-10-18/h1,3-12,14-15H,(H,29,31,32,33). The van der Waals surface area contributed by atoms with Gasteiger partial charge in [-0.2, -0.15) is 10.2 Å². The number of nitriles is 1. The highest BCUT2D eigenvalue weighted by Crippen LogP contribution is 2.29. The maximum Gasteiger partial charge on any atom is 0.258 e. The monoisotopic (exact) mass is 458 g/mol. The number of rotatable bonds is 4. The van der Waals surface area contributed by atoms with E-state index in [2.05, 4.69) is 37.2 Å². The fourth-order valence-corrected chi connectivity index (χ4v) is 4.24. The van der Waals surface area contributed by atoms with Gasteiger partial charge in [-0.1, -0.05) is 47.6 Å². The fourth-order valence-electron chi connectivity index (χ4n) is 3.44. The third kappa shape index (κ3) is 3.97. The molecule has 34 heavy (non-hydrogen) atoms. The van der Waals surface area contributed by atoms with Crippen molar-refractivity contribution in [2.24, 2.45) is 0 Å². The first kappa shape index (κ1) is 21.0. The van der Waals surface area contributed by atoms with Crippen LogP contribution in [0.1, 0.15) is 21.5 Å². The van der Waals surface area contributed by atoms with Crippen molar-refractivity contribution in [3.05, 3.63) is 89.9 Å². The predicted octanol–water partition coefficient (Wildman–Crippen LogP) is 4.92. The Hall–Kier alpha value is -4.92. The minimum absolute atomic E-state index is 0.337. The molecule has 2 aromatic carbocycles. The summed E-state index contributed by atoms with van der Waals surface area (Å²) in [6, 6.07) is 18.2. The molecule has 0 atom stereocenters. The molecule has 1 amide bonds. The van der Waals surface area contributed by atoms with Gasteiger partial charge in [0.05, 0.1) is 29.1 Å². The van der Waals surface area contributed by atoms with E-state index in [-0.39, 0.29) is 5.91 Å². The van der Waals surface area contributed by atoms with Crippen LogP contribution < -0.4 is 5.32 Å². The normalized spacial score (nSPS) is 10.4. The first-order valence-electron chi connectivity index (χ1n) is 10.1. The Bertz CT molecular complexity index is 1630. The van der Waals surface area contributed by atoms with Crippen molar-refractivity contribution < 1.29 is 4.79 Å². The smallest absolute Gasteiger partial charge is 0.258 e. The molecule has 0 unspecified atom stereocenters. The number of pyridine rings is 1. The zero-order valence-corrected chi connectivity index (χ0v) is 18.4. The Kier molecular flexibility index (Phi) is 5.49. The lowest BCUT2D eigenvalue weighted by Gasteiger charge is -2.10. The molecule has 160 valence electrons. The van der Waals surface area contributed by atoms with Gasteiger partial charge in [0, 0.05) is 29.1 Å². The first-order valence-corrected chi connectivity index (χ1v) is 10.9. The third-order valence-electron chi connectivity index (χ3n) is 5.09. The van der Waals surface area contributed by atoms with Crippen molar-refractivity contribution in [3.63, 3.8) is 0 Å². The zero-order valence-electron chi connectivity index (χ0n) is 17.6. The molecule has 0 saturated heterocycles. The summed E-state index contributed by atoms with van der Waals surface area (Å²) in [6.45, 7) is 0. The molecule has 3 heterocycles. The van der Waals surface area contributed by atoms with Crippen LogP contribution >= 0.6 is 11.3 Å². The van der Waals surface area contributed by atoms with Gasteiger partial charge in [-0.15, -0.1) is 6.42 Å². The predicted molar refractivity (Wildman–Crippen MR) is 131 cm³/mol. The topological polar surface area (TPSA) is 104 Å². The summed E-state index contributed by atoms with van der Waals surface area (Å²) >= 11 is 1.23. The minimum Gasteiger partial charge on any atom is -0.298 e. The molecule has 5 aromatic rings. The lowest BCUT2D eigenvalue weighted by Crippen LogP contribution is -2.13. The van der Waals surface area contributed by atoms with Crippen molar-refractivity contribution in [1.82, 2.24) is 19.9 Å². The van der Waals surface area contributed by atoms with Crippen LogP contribution in [0.3, 0.4) is 0 Å². The molecule has 0 bridgehead atoms. The Morgan fingerprint density at radius 1 is 1.00 bits per heavy atom. The molecule has 5 rings (SSSR count). The van der Waals surface area contributed by atoms with Gasteiger partial charge in [-0.05, 0) is 29.8 Å². The number of carbonyl (C=O) groups excluding carboxylic acids is 1. The molecule has 0 aliphatic rings. The number of nitrogens with one attached hydrogen (secondary N) is 1. The van der Waals surface area contributed by atoms with E-state index in [0.29, 0.717) is 43.6 Å². The second-order valence-electron chi connectivity index (χ2n) is 7.16. The quantitative estimate of drug-likeness (QED) is 0.383. The molecule has 0 fully saturated rings. The molecular formula is C26H14N6OS. The summed E-state index contributed by atoms with van der Waals surface area (Å²) in [4.78, 5) is 31.3. The lowest BCUT2D eigenvalue weighted by molar-refractivity contribution is 0.102. The highest BCUT2D eigenvalue weighted by molar-refractivity contribution is 7.21. The molecule has 0 spiro atoms. The number of terminal acetylenes is 1. The molecule has 0 saturated carbocycles. The maximum absolute atomic E-state index is 13.1. The average Bonchev–Trinajstić information content (AvgIpc) is 3.30. The number of amides is 1. The van der Waals surface area contributed by atoms with Crippen LogP contribution in [0.2, 0.25) is 0 Å². The van der Waals surface area contributed by atoms with Crippen molar-refractivity contribution >= 4 is 32.9 Å². The van der Waals surface area contributed by atoms with Crippen LogP contribution in [-0.4, -0.2) is 25.8 Å². The zero-order chi connectivity index (χ0) is 23.5. The second-order valence-corrected chi connectivity index (χ2v) is 8.13. The van der Waals surface area contributed by atoms with E-state index in [0.717, 1.165) is 11.1 Å². The van der Waals surface area contributed by atoms with Gasteiger partial charge in [0.25, 0.3) is 5.91 Å². The average molecular weight is 459 g/mol. The molecule has 3 aromatic heterocycles. The lowest BCUT2D eigenvalue weighted by atomic mass is 9.97. The van der Waals surface area contributed by atoms with Crippen molar-refractivity contribution in [1.29, 1.82) is 5.26 Å². The van der Waals surface area contributed by atoms with Crippen LogP contribution in [-0.2, 0) is 0 Å². The number of benzene rings is 2. The van der Waals surface area contributed by atoms with Gasteiger partial charge >= 0.3 is 0 Å². The molecule has 0 radical (unpaired) electrons. The number of anilines is 1. The van der Waals surface area contributed by atoms with E-state index in [4.69, 9.17) is 11.7 Å². The first-order chi connectivity index (χ1) is 16.7. The summed E-state index contributed by atoms with van der Waals surface area (Å²) in [7, 11) is 0. The second kappa shape index (κ2) is 8.91. The van der Waals surface area contributed by atoms with E-state index >= 15 is 0 Å². The number of nitrogens with zero attached hydrogens (tertiary/aromatic N) is 5. The van der Waals surface area contributed by atoms with E-state index in [1.807, 2.05) is 36.4 Å². The molecule has 8 heteroatoms. The largest absolute Gasteiger partial charge is 0.298 e. The number of aromatic nitrogens is 4. The Morgan fingerprint density at radius 2 is 1.82 bits per heavy atom. The molecular weight excluding hydrogens is 444 g/mol. The Balaban J connectivity index is 1.45. The van der Waals surface area contributed by atoms with Gasteiger partial charge < -0.3 is 0 Å². The van der Waals surface area contributed by atoms with Crippen LogP contribution in [0.5, 0.6) is 0 Å². The number of hydrogen-bond acceptors (Lipinski definition) is 7. The molecule has 0 aliphatic heterocycles. The summed E-state index contributed by atoms with van der Waals surface area (Å²) in [5.41, 5.74) is 4.98.